The van der Waals surface area contributed by atoms with E-state index in [0.29, 0.717) is 25.2 Å². The maximum absolute atomic E-state index is 12.9. The van der Waals surface area contributed by atoms with E-state index < -0.39 is 10.0 Å². The number of amides is 1. The first-order valence-electron chi connectivity index (χ1n) is 7.87. The highest BCUT2D eigenvalue weighted by Gasteiger charge is 2.25. The molecule has 1 aliphatic heterocycles. The summed E-state index contributed by atoms with van der Waals surface area (Å²) in [5.41, 5.74) is 2.42. The minimum absolute atomic E-state index is 0.113. The number of aryl methyl sites for hydroxylation is 1. The molecule has 24 heavy (non-hydrogen) atoms. The van der Waals surface area contributed by atoms with Crippen molar-refractivity contribution in [2.75, 3.05) is 13.1 Å². The second kappa shape index (κ2) is 6.66. The van der Waals surface area contributed by atoms with E-state index in [-0.39, 0.29) is 10.8 Å². The molecule has 7 heteroatoms. The van der Waals surface area contributed by atoms with Crippen LogP contribution in [-0.2, 0) is 23.0 Å². The first kappa shape index (κ1) is 17.1. The Morgan fingerprint density at radius 3 is 2.88 bits per heavy atom. The van der Waals surface area contributed by atoms with Crippen LogP contribution in [0.15, 0.2) is 34.5 Å². The molecule has 3 rings (SSSR count). The van der Waals surface area contributed by atoms with Crippen molar-refractivity contribution < 1.29 is 13.2 Å². The molecule has 5 nitrogen and oxygen atoms in total. The highest BCUT2D eigenvalue weighted by Crippen LogP contribution is 2.26. The molecule has 0 unspecified atom stereocenters. The molecule has 0 spiro atoms. The van der Waals surface area contributed by atoms with Gasteiger partial charge in [-0.25, -0.2) is 13.1 Å². The Hall–Kier alpha value is -1.70. The van der Waals surface area contributed by atoms with Gasteiger partial charge in [0, 0.05) is 30.1 Å². The number of hydrogen-bond acceptors (Lipinski definition) is 4. The van der Waals surface area contributed by atoms with Crippen molar-refractivity contribution in [1.82, 2.24) is 9.62 Å². The molecule has 2 heterocycles. The van der Waals surface area contributed by atoms with E-state index in [1.165, 1.54) is 22.6 Å². The van der Waals surface area contributed by atoms with Crippen molar-refractivity contribution in [3.8, 4) is 0 Å². The number of benzene rings is 1. The average molecular weight is 364 g/mol. The minimum atomic E-state index is -3.57. The van der Waals surface area contributed by atoms with Gasteiger partial charge in [0.15, 0.2) is 0 Å². The lowest BCUT2D eigenvalue weighted by Gasteiger charge is -2.27. The summed E-state index contributed by atoms with van der Waals surface area (Å²) in [5.74, 6) is -0.113. The molecule has 0 atom stereocenters. The van der Waals surface area contributed by atoms with Crippen molar-refractivity contribution in [2.45, 2.75) is 31.7 Å². The second-order valence-electron chi connectivity index (χ2n) is 5.82. The number of nitrogens with zero attached hydrogens (tertiary/aromatic N) is 1. The lowest BCUT2D eigenvalue weighted by molar-refractivity contribution is 0.0735. The molecule has 1 aliphatic rings. The molecule has 1 aromatic carbocycles. The average Bonchev–Trinajstić information content (AvgIpc) is 3.02. The van der Waals surface area contributed by atoms with Crippen LogP contribution in [0.5, 0.6) is 0 Å². The molecular weight excluding hydrogens is 344 g/mol. The molecule has 0 saturated heterocycles. The van der Waals surface area contributed by atoms with Crippen LogP contribution in [-0.4, -0.2) is 32.3 Å². The van der Waals surface area contributed by atoms with Gasteiger partial charge in [-0.15, -0.1) is 11.3 Å². The molecule has 0 fully saturated rings. The molecule has 128 valence electrons. The van der Waals surface area contributed by atoms with Gasteiger partial charge >= 0.3 is 0 Å². The van der Waals surface area contributed by atoms with Crippen LogP contribution in [0, 0.1) is 6.92 Å². The summed E-state index contributed by atoms with van der Waals surface area (Å²) >= 11 is 1.72. The number of rotatable bonds is 4. The Morgan fingerprint density at radius 2 is 2.12 bits per heavy atom. The van der Waals surface area contributed by atoms with Crippen molar-refractivity contribution in [2.24, 2.45) is 0 Å². The van der Waals surface area contributed by atoms with Crippen molar-refractivity contribution in [1.29, 1.82) is 0 Å². The Labute approximate surface area is 146 Å². The highest BCUT2D eigenvalue weighted by molar-refractivity contribution is 7.89. The van der Waals surface area contributed by atoms with Gasteiger partial charge < -0.3 is 4.90 Å². The largest absolute Gasteiger partial charge is 0.334 e. The number of nitrogens with one attached hydrogen (secondary N) is 1. The van der Waals surface area contributed by atoms with E-state index in [2.05, 4.69) is 10.8 Å². The maximum atomic E-state index is 12.9. The Bertz CT molecular complexity index is 872. The van der Waals surface area contributed by atoms with E-state index >= 15 is 0 Å². The molecule has 0 aliphatic carbocycles. The van der Waals surface area contributed by atoms with Crippen LogP contribution in [0.25, 0.3) is 0 Å². The SMILES string of the molecule is CCNS(=O)(=O)c1ccc(C)c(C(=O)N2CCc3sccc3C2)c1. The van der Waals surface area contributed by atoms with E-state index in [9.17, 15) is 13.2 Å². The first-order chi connectivity index (χ1) is 11.4. The number of carbonyl (C=O) groups excluding carboxylic acids is 1. The first-order valence-corrected chi connectivity index (χ1v) is 10.2. The standard InChI is InChI=1S/C17H20N2O3S2/c1-3-18-24(21,22)14-5-4-12(2)15(10-14)17(20)19-8-6-16-13(11-19)7-9-23-16/h4-5,7,9-10,18H,3,6,8,11H2,1-2H3. The normalized spacial score (nSPS) is 14.5. The minimum Gasteiger partial charge on any atom is -0.334 e. The fraction of sp³-hybridized carbons (Fsp3) is 0.353. The summed E-state index contributed by atoms with van der Waals surface area (Å²) in [6.07, 6.45) is 0.854. The fourth-order valence-corrected chi connectivity index (χ4v) is 4.82. The Kier molecular flexibility index (Phi) is 4.76. The van der Waals surface area contributed by atoms with Crippen LogP contribution < -0.4 is 4.72 Å². The zero-order valence-electron chi connectivity index (χ0n) is 13.7. The van der Waals surface area contributed by atoms with Crippen molar-refractivity contribution in [3.63, 3.8) is 0 Å². The number of fused-ring (bicyclic) bond motifs is 1. The molecule has 2 aromatic rings. The molecule has 1 aromatic heterocycles. The summed E-state index contributed by atoms with van der Waals surface area (Å²) in [6, 6.07) is 6.77. The molecule has 1 N–H and O–H groups in total. The van der Waals surface area contributed by atoms with Crippen LogP contribution in [0.4, 0.5) is 0 Å². The molecule has 0 bridgehead atoms. The third-order valence-corrected chi connectivity index (χ3v) is 6.75. The molecule has 1 amide bonds. The van der Waals surface area contributed by atoms with E-state index in [4.69, 9.17) is 0 Å². The highest BCUT2D eigenvalue weighted by atomic mass is 32.2. The van der Waals surface area contributed by atoms with Gasteiger partial charge in [0.1, 0.15) is 0 Å². The second-order valence-corrected chi connectivity index (χ2v) is 8.59. The lowest BCUT2D eigenvalue weighted by Crippen LogP contribution is -2.36. The van der Waals surface area contributed by atoms with E-state index in [0.717, 1.165) is 12.0 Å². The van der Waals surface area contributed by atoms with Gasteiger partial charge in [-0.05, 0) is 48.1 Å². The van der Waals surface area contributed by atoms with Crippen LogP contribution in [0.2, 0.25) is 0 Å². The third kappa shape index (κ3) is 3.24. The van der Waals surface area contributed by atoms with Gasteiger partial charge in [-0.1, -0.05) is 13.0 Å². The molecule has 0 saturated carbocycles. The summed E-state index contributed by atoms with van der Waals surface area (Å²) in [7, 11) is -3.57. The monoisotopic (exact) mass is 364 g/mol. The topological polar surface area (TPSA) is 66.5 Å². The summed E-state index contributed by atoms with van der Waals surface area (Å²) < 4.78 is 26.8. The van der Waals surface area contributed by atoms with Gasteiger partial charge in [0.25, 0.3) is 5.91 Å². The van der Waals surface area contributed by atoms with Gasteiger partial charge in [-0.3, -0.25) is 4.79 Å². The zero-order chi connectivity index (χ0) is 17.3. The predicted octanol–water partition coefficient (Wildman–Crippen LogP) is 2.55. The number of sulfonamides is 1. The van der Waals surface area contributed by atoms with Crippen LogP contribution in [0.3, 0.4) is 0 Å². The van der Waals surface area contributed by atoms with E-state index in [1.54, 1.807) is 29.2 Å². The van der Waals surface area contributed by atoms with Gasteiger partial charge in [-0.2, -0.15) is 0 Å². The van der Waals surface area contributed by atoms with Gasteiger partial charge in [0.05, 0.1) is 4.90 Å². The zero-order valence-corrected chi connectivity index (χ0v) is 15.3. The van der Waals surface area contributed by atoms with E-state index in [1.807, 2.05) is 12.3 Å². The number of thiophene rings is 1. The Balaban J connectivity index is 1.90. The van der Waals surface area contributed by atoms with Crippen LogP contribution >= 0.6 is 11.3 Å². The predicted molar refractivity (Wildman–Crippen MR) is 94.8 cm³/mol. The number of carbonyl (C=O) groups is 1. The number of hydrogen-bond donors (Lipinski definition) is 1. The van der Waals surface area contributed by atoms with Crippen molar-refractivity contribution >= 4 is 27.3 Å². The molecular formula is C17H20N2O3S2. The smallest absolute Gasteiger partial charge is 0.254 e. The Morgan fingerprint density at radius 1 is 1.33 bits per heavy atom. The van der Waals surface area contributed by atoms with Crippen LogP contribution in [0.1, 0.15) is 33.3 Å². The lowest BCUT2D eigenvalue weighted by atomic mass is 10.0. The third-order valence-electron chi connectivity index (χ3n) is 4.18. The fourth-order valence-electron chi connectivity index (χ4n) is 2.86. The summed E-state index contributed by atoms with van der Waals surface area (Å²) in [6.45, 7) is 5.12. The summed E-state index contributed by atoms with van der Waals surface area (Å²) in [4.78, 5) is 16.2. The molecule has 0 radical (unpaired) electrons. The van der Waals surface area contributed by atoms with Gasteiger partial charge in [0.2, 0.25) is 10.0 Å². The summed E-state index contributed by atoms with van der Waals surface area (Å²) in [5, 5.41) is 2.05. The quantitative estimate of drug-likeness (QED) is 0.907. The maximum Gasteiger partial charge on any atom is 0.254 e. The van der Waals surface area contributed by atoms with Crippen molar-refractivity contribution in [3.05, 3.63) is 51.2 Å².